The SMILES string of the molecule is CCN(C1=C(c2cccs2)C(=O)N(CCCOC(C)C)C1=O)c1ccccc1. The Morgan fingerprint density at radius 2 is 1.82 bits per heavy atom. The molecule has 0 bridgehead atoms. The summed E-state index contributed by atoms with van der Waals surface area (Å²) in [5.74, 6) is -0.454. The molecule has 5 nitrogen and oxygen atoms in total. The molecule has 2 amide bonds. The highest BCUT2D eigenvalue weighted by molar-refractivity contribution is 7.11. The number of carbonyl (C=O) groups is 2. The number of rotatable bonds is 9. The second-order valence-electron chi connectivity index (χ2n) is 6.82. The summed E-state index contributed by atoms with van der Waals surface area (Å²) in [4.78, 5) is 30.6. The van der Waals surface area contributed by atoms with Crippen LogP contribution in [0.15, 0.2) is 53.5 Å². The lowest BCUT2D eigenvalue weighted by atomic mass is 10.1. The molecule has 1 aliphatic rings. The number of imide groups is 1. The minimum atomic E-state index is -0.233. The number of hydrogen-bond donors (Lipinski definition) is 0. The van der Waals surface area contributed by atoms with E-state index >= 15 is 0 Å². The van der Waals surface area contributed by atoms with Crippen molar-refractivity contribution in [3.63, 3.8) is 0 Å². The Kier molecular flexibility index (Phi) is 6.65. The van der Waals surface area contributed by atoms with E-state index in [-0.39, 0.29) is 17.9 Å². The van der Waals surface area contributed by atoms with Crippen molar-refractivity contribution in [2.45, 2.75) is 33.3 Å². The maximum atomic E-state index is 13.3. The summed E-state index contributed by atoms with van der Waals surface area (Å²) in [7, 11) is 0. The highest BCUT2D eigenvalue weighted by atomic mass is 32.1. The van der Waals surface area contributed by atoms with Gasteiger partial charge in [0, 0.05) is 30.3 Å². The number of nitrogens with zero attached hydrogens (tertiary/aromatic N) is 2. The molecule has 3 rings (SSSR count). The molecule has 0 aliphatic carbocycles. The third-order valence-electron chi connectivity index (χ3n) is 4.54. The van der Waals surface area contributed by atoms with E-state index in [1.807, 2.05) is 73.5 Å². The first-order valence-corrected chi connectivity index (χ1v) is 10.5. The molecular weight excluding hydrogens is 372 g/mol. The van der Waals surface area contributed by atoms with Gasteiger partial charge in [-0.05, 0) is 50.8 Å². The summed E-state index contributed by atoms with van der Waals surface area (Å²) in [6.45, 7) is 7.41. The maximum Gasteiger partial charge on any atom is 0.278 e. The molecule has 6 heteroatoms. The second kappa shape index (κ2) is 9.17. The summed E-state index contributed by atoms with van der Waals surface area (Å²) in [6.07, 6.45) is 0.756. The van der Waals surface area contributed by atoms with Crippen molar-refractivity contribution in [1.29, 1.82) is 0 Å². The number of amides is 2. The first-order valence-electron chi connectivity index (χ1n) is 9.63. The molecule has 0 fully saturated rings. The Morgan fingerprint density at radius 1 is 1.07 bits per heavy atom. The zero-order chi connectivity index (χ0) is 20.1. The van der Waals surface area contributed by atoms with E-state index in [9.17, 15) is 9.59 Å². The lowest BCUT2D eigenvalue weighted by molar-refractivity contribution is -0.137. The molecule has 0 saturated carbocycles. The van der Waals surface area contributed by atoms with Gasteiger partial charge in [-0.3, -0.25) is 14.5 Å². The molecule has 0 unspecified atom stereocenters. The van der Waals surface area contributed by atoms with Gasteiger partial charge in [-0.1, -0.05) is 24.3 Å². The van der Waals surface area contributed by atoms with Crippen LogP contribution in [0.5, 0.6) is 0 Å². The molecule has 2 aromatic rings. The van der Waals surface area contributed by atoms with E-state index in [1.165, 1.54) is 16.2 Å². The van der Waals surface area contributed by atoms with Crippen LogP contribution < -0.4 is 4.90 Å². The van der Waals surface area contributed by atoms with Crippen molar-refractivity contribution < 1.29 is 14.3 Å². The third-order valence-corrected chi connectivity index (χ3v) is 5.43. The zero-order valence-corrected chi connectivity index (χ0v) is 17.4. The zero-order valence-electron chi connectivity index (χ0n) is 16.6. The number of carbonyl (C=O) groups excluding carboxylic acids is 2. The van der Waals surface area contributed by atoms with Gasteiger partial charge in [0.1, 0.15) is 5.70 Å². The van der Waals surface area contributed by atoms with Crippen LogP contribution >= 0.6 is 11.3 Å². The Bertz CT molecular complexity index is 844. The first kappa shape index (κ1) is 20.3. The largest absolute Gasteiger partial charge is 0.379 e. The highest BCUT2D eigenvalue weighted by Gasteiger charge is 2.41. The van der Waals surface area contributed by atoms with Crippen molar-refractivity contribution >= 4 is 34.4 Å². The minimum Gasteiger partial charge on any atom is -0.379 e. The molecule has 148 valence electrons. The average Bonchev–Trinajstić information content (AvgIpc) is 3.29. The van der Waals surface area contributed by atoms with E-state index in [1.54, 1.807) is 0 Å². The third kappa shape index (κ3) is 4.18. The van der Waals surface area contributed by atoms with Gasteiger partial charge in [-0.15, -0.1) is 11.3 Å². The van der Waals surface area contributed by atoms with Crippen molar-refractivity contribution in [2.75, 3.05) is 24.6 Å². The van der Waals surface area contributed by atoms with Crippen molar-refractivity contribution in [1.82, 2.24) is 4.90 Å². The van der Waals surface area contributed by atoms with Gasteiger partial charge in [0.05, 0.1) is 11.7 Å². The molecule has 28 heavy (non-hydrogen) atoms. The van der Waals surface area contributed by atoms with Crippen LogP contribution in [-0.4, -0.2) is 42.5 Å². The van der Waals surface area contributed by atoms with Gasteiger partial charge in [-0.2, -0.15) is 0 Å². The number of anilines is 1. The van der Waals surface area contributed by atoms with Crippen LogP contribution in [0.3, 0.4) is 0 Å². The lowest BCUT2D eigenvalue weighted by Crippen LogP contribution is -2.36. The predicted molar refractivity (Wildman–Crippen MR) is 113 cm³/mol. The maximum absolute atomic E-state index is 13.3. The Morgan fingerprint density at radius 3 is 2.43 bits per heavy atom. The summed E-state index contributed by atoms with van der Waals surface area (Å²) in [5.41, 5.74) is 1.86. The number of hydrogen-bond acceptors (Lipinski definition) is 5. The van der Waals surface area contributed by atoms with E-state index in [4.69, 9.17) is 4.74 Å². The van der Waals surface area contributed by atoms with Crippen LogP contribution in [0.1, 0.15) is 32.1 Å². The van der Waals surface area contributed by atoms with Crippen molar-refractivity contribution in [3.05, 3.63) is 58.4 Å². The van der Waals surface area contributed by atoms with Crippen molar-refractivity contribution in [3.8, 4) is 0 Å². The van der Waals surface area contributed by atoms with E-state index in [0.29, 0.717) is 37.4 Å². The van der Waals surface area contributed by atoms with Gasteiger partial charge in [0.2, 0.25) is 0 Å². The topological polar surface area (TPSA) is 49.9 Å². The van der Waals surface area contributed by atoms with Crippen LogP contribution in [0.4, 0.5) is 5.69 Å². The van der Waals surface area contributed by atoms with Crippen LogP contribution in [0.2, 0.25) is 0 Å². The fraction of sp³-hybridized carbons (Fsp3) is 0.364. The monoisotopic (exact) mass is 398 g/mol. The van der Waals surface area contributed by atoms with Gasteiger partial charge in [-0.25, -0.2) is 0 Å². The van der Waals surface area contributed by atoms with Gasteiger partial charge in [0.25, 0.3) is 11.8 Å². The fourth-order valence-corrected chi connectivity index (χ4v) is 4.04. The summed E-state index contributed by atoms with van der Waals surface area (Å²) < 4.78 is 5.56. The summed E-state index contributed by atoms with van der Waals surface area (Å²) in [6, 6.07) is 13.5. The highest BCUT2D eigenvalue weighted by Crippen LogP contribution is 2.35. The molecule has 0 atom stereocenters. The molecule has 1 aliphatic heterocycles. The van der Waals surface area contributed by atoms with E-state index in [2.05, 4.69) is 0 Å². The quantitative estimate of drug-likeness (QED) is 0.470. The molecule has 0 saturated heterocycles. The van der Waals surface area contributed by atoms with Crippen LogP contribution in [0.25, 0.3) is 5.57 Å². The second-order valence-corrected chi connectivity index (χ2v) is 7.76. The number of benzene rings is 1. The summed E-state index contributed by atoms with van der Waals surface area (Å²) >= 11 is 1.48. The van der Waals surface area contributed by atoms with Crippen LogP contribution in [-0.2, 0) is 14.3 Å². The lowest BCUT2D eigenvalue weighted by Gasteiger charge is -2.24. The fourth-order valence-electron chi connectivity index (χ4n) is 3.28. The molecule has 0 radical (unpaired) electrons. The minimum absolute atomic E-state index is 0.133. The molecule has 0 N–H and O–H groups in total. The normalized spacial score (nSPS) is 14.5. The Balaban J connectivity index is 1.93. The summed E-state index contributed by atoms with van der Waals surface area (Å²) in [5, 5.41) is 1.93. The van der Waals surface area contributed by atoms with Gasteiger partial charge in [0.15, 0.2) is 0 Å². The van der Waals surface area contributed by atoms with Gasteiger partial charge >= 0.3 is 0 Å². The Hall–Kier alpha value is -2.44. The molecule has 1 aromatic carbocycles. The molecule has 2 heterocycles. The van der Waals surface area contributed by atoms with E-state index in [0.717, 1.165) is 10.6 Å². The molecule has 0 spiro atoms. The smallest absolute Gasteiger partial charge is 0.278 e. The van der Waals surface area contributed by atoms with E-state index < -0.39 is 0 Å². The van der Waals surface area contributed by atoms with Crippen LogP contribution in [0, 0.1) is 0 Å². The first-order chi connectivity index (χ1) is 13.5. The molecule has 1 aromatic heterocycles. The van der Waals surface area contributed by atoms with Gasteiger partial charge < -0.3 is 9.64 Å². The number of thiophene rings is 1. The number of para-hydroxylation sites is 1. The average molecular weight is 399 g/mol. The number of likely N-dealkylation sites (N-methyl/N-ethyl adjacent to an activating group) is 1. The standard InChI is InChI=1S/C22H26N2O3S/c1-4-23(17-10-6-5-7-11-17)20-19(18-12-8-15-28-18)21(25)24(22(20)26)13-9-14-27-16(2)3/h5-8,10-12,15-16H,4,9,13-14H2,1-3H3. The predicted octanol–water partition coefficient (Wildman–Crippen LogP) is 4.17. The number of ether oxygens (including phenoxy) is 1. The molecular formula is C22H26N2O3S. The Labute approximate surface area is 170 Å². The van der Waals surface area contributed by atoms with Crippen molar-refractivity contribution in [2.24, 2.45) is 0 Å².